The Hall–Kier alpha value is -1.30. The van der Waals surface area contributed by atoms with Gasteiger partial charge in [-0.1, -0.05) is 13.8 Å². The third kappa shape index (κ3) is 5.12. The minimum absolute atomic E-state index is 0.0594. The molecule has 0 amide bonds. The molecule has 0 saturated carbocycles. The predicted molar refractivity (Wildman–Crippen MR) is 120 cm³/mol. The second-order valence-corrected chi connectivity index (χ2v) is 11.7. The van der Waals surface area contributed by atoms with E-state index in [1.54, 1.807) is 11.3 Å². The number of sulfonamides is 2. The van der Waals surface area contributed by atoms with Gasteiger partial charge in [0.2, 0.25) is 20.0 Å². The normalized spacial score (nSPS) is 16.9. The van der Waals surface area contributed by atoms with Crippen LogP contribution in [-0.2, 0) is 20.0 Å². The van der Waals surface area contributed by atoms with E-state index in [2.05, 4.69) is 23.5 Å². The van der Waals surface area contributed by atoms with Gasteiger partial charge >= 0.3 is 0 Å². The Morgan fingerprint density at radius 2 is 1.60 bits per heavy atom. The van der Waals surface area contributed by atoms with Gasteiger partial charge in [-0.3, -0.25) is 4.90 Å². The van der Waals surface area contributed by atoms with Crippen LogP contribution in [0.3, 0.4) is 0 Å². The SMILES string of the molecule is CCN(CC)C(CNS(=O)(=O)c1ccc(S(=O)(=O)N2CCCC2)cc1)c1ccsc1. The van der Waals surface area contributed by atoms with E-state index in [0.717, 1.165) is 31.5 Å². The van der Waals surface area contributed by atoms with Crippen molar-refractivity contribution < 1.29 is 16.8 Å². The highest BCUT2D eigenvalue weighted by atomic mass is 32.2. The summed E-state index contributed by atoms with van der Waals surface area (Å²) in [5.41, 5.74) is 1.08. The van der Waals surface area contributed by atoms with Crippen LogP contribution < -0.4 is 4.72 Å². The second-order valence-electron chi connectivity index (χ2n) is 7.23. The van der Waals surface area contributed by atoms with Crippen molar-refractivity contribution in [3.8, 4) is 0 Å². The number of likely N-dealkylation sites (N-methyl/N-ethyl adjacent to an activating group) is 1. The molecule has 0 radical (unpaired) electrons. The molecule has 0 aliphatic carbocycles. The highest BCUT2D eigenvalue weighted by Crippen LogP contribution is 2.24. The molecular weight excluding hydrogens is 442 g/mol. The van der Waals surface area contributed by atoms with Gasteiger partial charge in [-0.15, -0.1) is 0 Å². The fourth-order valence-corrected chi connectivity index (χ4v) is 6.99. The number of hydrogen-bond donors (Lipinski definition) is 1. The lowest BCUT2D eigenvalue weighted by Gasteiger charge is -2.29. The predicted octanol–water partition coefficient (Wildman–Crippen LogP) is 2.89. The minimum atomic E-state index is -3.76. The standard InChI is InChI=1S/C20H29N3O4S3/c1-3-22(4-2)20(17-11-14-28-16-17)15-21-29(24,25)18-7-9-19(10-8-18)30(26,27)23-12-5-6-13-23/h7-11,14,16,20-21H,3-6,12-13,15H2,1-2H3. The van der Waals surface area contributed by atoms with Crippen molar-refractivity contribution in [3.63, 3.8) is 0 Å². The molecule has 1 aromatic heterocycles. The third-order valence-corrected chi connectivity index (χ3v) is 9.54. The number of thiophene rings is 1. The molecule has 7 nitrogen and oxygen atoms in total. The summed E-state index contributed by atoms with van der Waals surface area (Å²) in [6, 6.07) is 7.44. The maximum atomic E-state index is 12.8. The average Bonchev–Trinajstić information content (AvgIpc) is 3.46. The van der Waals surface area contributed by atoms with E-state index < -0.39 is 20.0 Å². The van der Waals surface area contributed by atoms with Gasteiger partial charge in [0.05, 0.1) is 9.79 Å². The number of nitrogens with zero attached hydrogens (tertiary/aromatic N) is 2. The van der Waals surface area contributed by atoms with Crippen molar-refractivity contribution in [2.24, 2.45) is 0 Å². The molecule has 0 bridgehead atoms. The topological polar surface area (TPSA) is 86.8 Å². The van der Waals surface area contributed by atoms with E-state index in [-0.39, 0.29) is 22.4 Å². The first-order valence-electron chi connectivity index (χ1n) is 10.2. The molecule has 1 fully saturated rings. The molecule has 1 aromatic carbocycles. The first kappa shape index (κ1) is 23.4. The van der Waals surface area contributed by atoms with Gasteiger partial charge in [-0.2, -0.15) is 15.6 Å². The van der Waals surface area contributed by atoms with Gasteiger partial charge in [0.25, 0.3) is 0 Å². The van der Waals surface area contributed by atoms with Crippen LogP contribution in [0.5, 0.6) is 0 Å². The number of rotatable bonds is 10. The summed E-state index contributed by atoms with van der Waals surface area (Å²) in [5, 5.41) is 4.02. The van der Waals surface area contributed by atoms with Gasteiger partial charge < -0.3 is 0 Å². The molecular formula is C20H29N3O4S3. The van der Waals surface area contributed by atoms with Gasteiger partial charge in [0, 0.05) is 25.7 Å². The van der Waals surface area contributed by atoms with Crippen molar-refractivity contribution in [2.45, 2.75) is 42.5 Å². The van der Waals surface area contributed by atoms with Crippen LogP contribution in [0.25, 0.3) is 0 Å². The maximum Gasteiger partial charge on any atom is 0.243 e. The van der Waals surface area contributed by atoms with Crippen molar-refractivity contribution in [2.75, 3.05) is 32.7 Å². The van der Waals surface area contributed by atoms with Crippen LogP contribution in [0.2, 0.25) is 0 Å². The molecule has 30 heavy (non-hydrogen) atoms. The van der Waals surface area contributed by atoms with Crippen molar-refractivity contribution >= 4 is 31.4 Å². The van der Waals surface area contributed by atoms with E-state index in [4.69, 9.17) is 0 Å². The lowest BCUT2D eigenvalue weighted by molar-refractivity contribution is 0.220. The summed E-state index contributed by atoms with van der Waals surface area (Å²) in [7, 11) is -7.32. The van der Waals surface area contributed by atoms with Crippen LogP contribution >= 0.6 is 11.3 Å². The molecule has 2 heterocycles. The first-order chi connectivity index (χ1) is 14.3. The highest BCUT2D eigenvalue weighted by Gasteiger charge is 2.28. The van der Waals surface area contributed by atoms with Crippen LogP contribution in [0.15, 0.2) is 50.9 Å². The van der Waals surface area contributed by atoms with Gasteiger partial charge in [0.15, 0.2) is 0 Å². The molecule has 2 aromatic rings. The summed E-state index contributed by atoms with van der Waals surface area (Å²) in [5.74, 6) is 0. The lowest BCUT2D eigenvalue weighted by atomic mass is 10.1. The molecule has 166 valence electrons. The summed E-state index contributed by atoms with van der Waals surface area (Å²) in [4.78, 5) is 2.39. The minimum Gasteiger partial charge on any atom is -0.296 e. The average molecular weight is 472 g/mol. The molecule has 1 aliphatic heterocycles. The molecule has 1 N–H and O–H groups in total. The summed E-state index contributed by atoms with van der Waals surface area (Å²) < 4.78 is 55.1. The van der Waals surface area contributed by atoms with Crippen LogP contribution in [0, 0.1) is 0 Å². The molecule has 1 aliphatic rings. The summed E-state index contributed by atoms with van der Waals surface area (Å²) >= 11 is 1.59. The molecule has 0 spiro atoms. The second kappa shape index (κ2) is 9.88. The first-order valence-corrected chi connectivity index (χ1v) is 14.0. The highest BCUT2D eigenvalue weighted by molar-refractivity contribution is 7.89. The van der Waals surface area contributed by atoms with E-state index >= 15 is 0 Å². The van der Waals surface area contributed by atoms with E-state index in [9.17, 15) is 16.8 Å². The lowest BCUT2D eigenvalue weighted by Crippen LogP contribution is -2.37. The molecule has 3 rings (SSSR count). The van der Waals surface area contributed by atoms with E-state index in [1.165, 1.54) is 28.6 Å². The Labute approximate surface area is 183 Å². The van der Waals surface area contributed by atoms with Crippen LogP contribution in [-0.4, -0.2) is 58.8 Å². The van der Waals surface area contributed by atoms with Crippen LogP contribution in [0.1, 0.15) is 38.3 Å². The Kier molecular flexibility index (Phi) is 7.70. The Morgan fingerprint density at radius 3 is 2.13 bits per heavy atom. The zero-order chi connectivity index (χ0) is 21.8. The zero-order valence-electron chi connectivity index (χ0n) is 17.3. The summed E-state index contributed by atoms with van der Waals surface area (Å²) in [6.45, 7) is 6.99. The van der Waals surface area contributed by atoms with Crippen molar-refractivity contribution in [1.82, 2.24) is 13.9 Å². The molecule has 1 saturated heterocycles. The van der Waals surface area contributed by atoms with Gasteiger partial charge in [-0.05, 0) is 72.6 Å². The van der Waals surface area contributed by atoms with Gasteiger partial charge in [-0.25, -0.2) is 21.6 Å². The quantitative estimate of drug-likeness (QED) is 0.576. The number of hydrogen-bond acceptors (Lipinski definition) is 6. The van der Waals surface area contributed by atoms with E-state index in [0.29, 0.717) is 13.1 Å². The van der Waals surface area contributed by atoms with Crippen LogP contribution in [0.4, 0.5) is 0 Å². The maximum absolute atomic E-state index is 12.8. The smallest absolute Gasteiger partial charge is 0.243 e. The fourth-order valence-electron chi connectivity index (χ4n) is 3.73. The van der Waals surface area contributed by atoms with E-state index in [1.807, 2.05) is 16.8 Å². The third-order valence-electron chi connectivity index (χ3n) is 5.48. The number of nitrogens with one attached hydrogen (secondary N) is 1. The number of benzene rings is 1. The molecule has 1 atom stereocenters. The van der Waals surface area contributed by atoms with Crippen molar-refractivity contribution in [1.29, 1.82) is 0 Å². The largest absolute Gasteiger partial charge is 0.296 e. The Balaban J connectivity index is 1.75. The Morgan fingerprint density at radius 1 is 1.00 bits per heavy atom. The Bertz CT molecular complexity index is 1010. The fraction of sp³-hybridized carbons (Fsp3) is 0.500. The van der Waals surface area contributed by atoms with Gasteiger partial charge in [0.1, 0.15) is 0 Å². The zero-order valence-corrected chi connectivity index (χ0v) is 19.8. The van der Waals surface area contributed by atoms with Crippen molar-refractivity contribution in [3.05, 3.63) is 46.7 Å². The molecule has 10 heteroatoms. The molecule has 1 unspecified atom stereocenters. The summed E-state index contributed by atoms with van der Waals surface area (Å²) in [6.07, 6.45) is 1.71. The monoisotopic (exact) mass is 471 g/mol.